The van der Waals surface area contributed by atoms with Crippen LogP contribution in [-0.2, 0) is 0 Å². The summed E-state index contributed by atoms with van der Waals surface area (Å²) in [5.74, 6) is -0.461. The van der Waals surface area contributed by atoms with Gasteiger partial charge in [0, 0.05) is 5.56 Å². The molecule has 0 atom stereocenters. The van der Waals surface area contributed by atoms with Gasteiger partial charge in [0.15, 0.2) is 0 Å². The fourth-order valence-electron chi connectivity index (χ4n) is 1.01. The van der Waals surface area contributed by atoms with E-state index < -0.39 is 5.91 Å². The van der Waals surface area contributed by atoms with Gasteiger partial charge < -0.3 is 5.73 Å². The van der Waals surface area contributed by atoms with Crippen LogP contribution in [0.4, 0.5) is 0 Å². The quantitative estimate of drug-likeness (QED) is 0.665. The highest BCUT2D eigenvalue weighted by Crippen LogP contribution is 2.09. The second kappa shape index (κ2) is 3.05. The number of nitrogens with zero attached hydrogens (tertiary/aromatic N) is 1. The highest BCUT2D eigenvalue weighted by molar-refractivity contribution is 5.94. The van der Waals surface area contributed by atoms with Gasteiger partial charge in [0.1, 0.15) is 0 Å². The summed E-state index contributed by atoms with van der Waals surface area (Å²) in [7, 11) is 0. The number of amides is 1. The van der Waals surface area contributed by atoms with Gasteiger partial charge in [0.25, 0.3) is 0 Å². The molecule has 60 valence electrons. The van der Waals surface area contributed by atoms with E-state index in [0.29, 0.717) is 11.1 Å². The summed E-state index contributed by atoms with van der Waals surface area (Å²) in [4.78, 5) is 10.8. The van der Waals surface area contributed by atoms with Crippen molar-refractivity contribution in [2.24, 2.45) is 5.73 Å². The third-order valence-corrected chi connectivity index (χ3v) is 1.62. The lowest BCUT2D eigenvalue weighted by atomic mass is 10.1. The van der Waals surface area contributed by atoms with Gasteiger partial charge >= 0.3 is 0 Å². The number of aryl methyl sites for hydroxylation is 1. The number of rotatable bonds is 1. The molecule has 0 fully saturated rings. The molecule has 0 radical (unpaired) electrons. The fraction of sp³-hybridized carbons (Fsp3) is 0.111. The van der Waals surface area contributed by atoms with Gasteiger partial charge in [-0.1, -0.05) is 0 Å². The van der Waals surface area contributed by atoms with Gasteiger partial charge in [-0.05, 0) is 30.7 Å². The van der Waals surface area contributed by atoms with Crippen molar-refractivity contribution in [2.45, 2.75) is 6.92 Å². The van der Waals surface area contributed by atoms with Crippen molar-refractivity contribution in [3.8, 4) is 6.07 Å². The Hall–Kier alpha value is -1.82. The van der Waals surface area contributed by atoms with Crippen molar-refractivity contribution in [3.05, 3.63) is 34.9 Å². The molecule has 1 amide bonds. The maximum atomic E-state index is 10.8. The molecule has 0 aliphatic rings. The average molecular weight is 160 g/mol. The highest BCUT2D eigenvalue weighted by atomic mass is 16.1. The molecule has 3 heteroatoms. The monoisotopic (exact) mass is 160 g/mol. The molecule has 0 unspecified atom stereocenters. The van der Waals surface area contributed by atoms with Gasteiger partial charge in [0.05, 0.1) is 11.6 Å². The molecule has 12 heavy (non-hydrogen) atoms. The normalized spacial score (nSPS) is 9.00. The summed E-state index contributed by atoms with van der Waals surface area (Å²) in [5.41, 5.74) is 6.83. The molecule has 1 aromatic carbocycles. The van der Waals surface area contributed by atoms with Crippen LogP contribution in [0.2, 0.25) is 0 Å². The van der Waals surface area contributed by atoms with Crippen molar-refractivity contribution in [1.29, 1.82) is 5.26 Å². The minimum atomic E-state index is -0.461. The largest absolute Gasteiger partial charge is 0.366 e. The molecule has 0 bridgehead atoms. The Morgan fingerprint density at radius 3 is 2.67 bits per heavy atom. The third-order valence-electron chi connectivity index (χ3n) is 1.62. The lowest BCUT2D eigenvalue weighted by molar-refractivity contribution is 0.0999. The molecule has 0 aromatic heterocycles. The van der Waals surface area contributed by atoms with E-state index in [0.717, 1.165) is 5.56 Å². The maximum absolute atomic E-state index is 10.8. The topological polar surface area (TPSA) is 66.9 Å². The molecule has 0 heterocycles. The summed E-state index contributed by atoms with van der Waals surface area (Å²) >= 11 is 0. The molecule has 2 N–H and O–H groups in total. The molecule has 0 aliphatic heterocycles. The Labute approximate surface area is 70.4 Å². The SMILES string of the molecule is Cc1cc(C#N)ccc1C(N)=O. The standard InChI is InChI=1S/C9H8N2O/c1-6-4-7(5-10)2-3-8(6)9(11)12/h2-4H,1H3,(H2,11,12). The van der Waals surface area contributed by atoms with E-state index in [1.54, 1.807) is 25.1 Å². The smallest absolute Gasteiger partial charge is 0.248 e. The van der Waals surface area contributed by atoms with E-state index in [1.807, 2.05) is 6.07 Å². The summed E-state index contributed by atoms with van der Waals surface area (Å²) in [5, 5.41) is 8.53. The number of benzene rings is 1. The van der Waals surface area contributed by atoms with E-state index in [4.69, 9.17) is 11.0 Å². The number of nitriles is 1. The number of hydrogen-bond acceptors (Lipinski definition) is 2. The molecule has 0 spiro atoms. The second-order valence-corrected chi connectivity index (χ2v) is 2.51. The number of carbonyl (C=O) groups excluding carboxylic acids is 1. The molecular formula is C9H8N2O. The first kappa shape index (κ1) is 8.28. The summed E-state index contributed by atoms with van der Waals surface area (Å²) in [6.07, 6.45) is 0. The van der Waals surface area contributed by atoms with Crippen LogP contribution in [0, 0.1) is 18.3 Å². The van der Waals surface area contributed by atoms with Crippen LogP contribution in [0.25, 0.3) is 0 Å². The van der Waals surface area contributed by atoms with E-state index in [9.17, 15) is 4.79 Å². The van der Waals surface area contributed by atoms with E-state index in [1.165, 1.54) is 0 Å². The van der Waals surface area contributed by atoms with Crippen molar-refractivity contribution >= 4 is 5.91 Å². The van der Waals surface area contributed by atoms with Crippen LogP contribution in [0.15, 0.2) is 18.2 Å². The highest BCUT2D eigenvalue weighted by Gasteiger charge is 2.04. The van der Waals surface area contributed by atoms with Crippen LogP contribution >= 0.6 is 0 Å². The van der Waals surface area contributed by atoms with Crippen LogP contribution in [0.1, 0.15) is 21.5 Å². The molecule has 0 aliphatic carbocycles. The van der Waals surface area contributed by atoms with Crippen LogP contribution < -0.4 is 5.73 Å². The van der Waals surface area contributed by atoms with Gasteiger partial charge in [-0.25, -0.2) is 0 Å². The Balaban J connectivity index is 3.23. The Kier molecular flexibility index (Phi) is 2.11. The molecule has 3 nitrogen and oxygen atoms in total. The fourth-order valence-corrected chi connectivity index (χ4v) is 1.01. The zero-order valence-electron chi connectivity index (χ0n) is 6.66. The first-order valence-corrected chi connectivity index (χ1v) is 3.45. The van der Waals surface area contributed by atoms with Gasteiger partial charge in [-0.2, -0.15) is 5.26 Å². The van der Waals surface area contributed by atoms with Crippen molar-refractivity contribution in [3.63, 3.8) is 0 Å². The number of primary amides is 1. The van der Waals surface area contributed by atoms with E-state index in [2.05, 4.69) is 0 Å². The number of carbonyl (C=O) groups is 1. The maximum Gasteiger partial charge on any atom is 0.248 e. The van der Waals surface area contributed by atoms with E-state index in [-0.39, 0.29) is 0 Å². The average Bonchev–Trinajstić information content (AvgIpc) is 2.03. The van der Waals surface area contributed by atoms with Gasteiger partial charge in [-0.3, -0.25) is 4.79 Å². The molecular weight excluding hydrogens is 152 g/mol. The van der Waals surface area contributed by atoms with E-state index >= 15 is 0 Å². The molecule has 0 saturated heterocycles. The minimum Gasteiger partial charge on any atom is -0.366 e. The number of nitrogens with two attached hydrogens (primary N) is 1. The van der Waals surface area contributed by atoms with Crippen molar-refractivity contribution < 1.29 is 4.79 Å². The molecule has 0 saturated carbocycles. The predicted octanol–water partition coefficient (Wildman–Crippen LogP) is 0.966. The third kappa shape index (κ3) is 1.43. The van der Waals surface area contributed by atoms with Gasteiger partial charge in [0.2, 0.25) is 5.91 Å². The van der Waals surface area contributed by atoms with Crippen LogP contribution in [-0.4, -0.2) is 5.91 Å². The Morgan fingerprint density at radius 2 is 2.25 bits per heavy atom. The van der Waals surface area contributed by atoms with Crippen LogP contribution in [0.5, 0.6) is 0 Å². The van der Waals surface area contributed by atoms with Crippen molar-refractivity contribution in [2.75, 3.05) is 0 Å². The zero-order valence-corrected chi connectivity index (χ0v) is 6.66. The lowest BCUT2D eigenvalue weighted by Gasteiger charge is -1.99. The zero-order chi connectivity index (χ0) is 9.14. The molecule has 1 rings (SSSR count). The van der Waals surface area contributed by atoms with Crippen molar-refractivity contribution in [1.82, 2.24) is 0 Å². The lowest BCUT2D eigenvalue weighted by Crippen LogP contribution is -2.12. The van der Waals surface area contributed by atoms with Crippen LogP contribution in [0.3, 0.4) is 0 Å². The summed E-state index contributed by atoms with van der Waals surface area (Å²) in [6, 6.07) is 6.76. The first-order valence-electron chi connectivity index (χ1n) is 3.45. The van der Waals surface area contributed by atoms with Gasteiger partial charge in [-0.15, -0.1) is 0 Å². The molecule has 1 aromatic rings. The summed E-state index contributed by atoms with van der Waals surface area (Å²) in [6.45, 7) is 1.75. The Bertz CT molecular complexity index is 363. The minimum absolute atomic E-state index is 0.461. The number of hydrogen-bond donors (Lipinski definition) is 1. The predicted molar refractivity (Wildman–Crippen MR) is 44.4 cm³/mol. The first-order chi connectivity index (χ1) is 5.65. The summed E-state index contributed by atoms with van der Waals surface area (Å²) < 4.78 is 0. The second-order valence-electron chi connectivity index (χ2n) is 2.51. The Morgan fingerprint density at radius 1 is 1.58 bits per heavy atom.